The van der Waals surface area contributed by atoms with Crippen molar-refractivity contribution >= 4 is 11.9 Å². The number of carboxylic acid groups (broad SMARTS) is 2. The van der Waals surface area contributed by atoms with E-state index in [-0.39, 0.29) is 6.42 Å². The van der Waals surface area contributed by atoms with Crippen LogP contribution in [-0.4, -0.2) is 49.2 Å². The maximum atomic E-state index is 10.0. The molecule has 1 N–H and O–H groups in total. The highest BCUT2D eigenvalue weighted by Crippen LogP contribution is 1.92. The van der Waals surface area contributed by atoms with Crippen LogP contribution in [0.25, 0.3) is 0 Å². The first-order chi connectivity index (χ1) is 5.65. The zero-order chi connectivity index (χ0) is 11.1. The van der Waals surface area contributed by atoms with Gasteiger partial charge in [0, 0.05) is 5.97 Å². The van der Waals surface area contributed by atoms with Gasteiger partial charge in [-0.1, -0.05) is 0 Å². The van der Waals surface area contributed by atoms with Crippen molar-refractivity contribution < 1.29 is 24.3 Å². The van der Waals surface area contributed by atoms with Crippen LogP contribution in [0, 0.1) is 0 Å². The monoisotopic (exact) mass is 191 g/mol. The molecular weight excluding hydrogens is 174 g/mol. The molecule has 0 saturated heterocycles. The van der Waals surface area contributed by atoms with E-state index in [9.17, 15) is 4.79 Å². The molecule has 78 valence electrons. The molecule has 0 unspecified atom stereocenters. The van der Waals surface area contributed by atoms with Crippen LogP contribution in [0.1, 0.15) is 13.3 Å². The Bertz CT molecular complexity index is 167. The van der Waals surface area contributed by atoms with Crippen LogP contribution in [0.2, 0.25) is 0 Å². The first-order valence-corrected chi connectivity index (χ1v) is 3.85. The highest BCUT2D eigenvalue weighted by atomic mass is 16.4. The molecule has 0 aliphatic rings. The second-order valence-corrected chi connectivity index (χ2v) is 3.65. The van der Waals surface area contributed by atoms with Gasteiger partial charge in [-0.15, -0.1) is 0 Å². The number of quaternary nitrogens is 1. The van der Waals surface area contributed by atoms with Crippen LogP contribution in [0.4, 0.5) is 0 Å². The average Bonchev–Trinajstić information content (AvgIpc) is 1.80. The van der Waals surface area contributed by atoms with E-state index in [0.29, 0.717) is 11.0 Å². The maximum absolute atomic E-state index is 10.0. The molecule has 5 nitrogen and oxygen atoms in total. The maximum Gasteiger partial charge on any atom is 0.309 e. The van der Waals surface area contributed by atoms with Crippen molar-refractivity contribution in [2.24, 2.45) is 0 Å². The minimum absolute atomic E-state index is 0.253. The number of nitrogens with zero attached hydrogens (tertiary/aromatic N) is 1. The molecule has 0 radical (unpaired) electrons. The van der Waals surface area contributed by atoms with Crippen LogP contribution >= 0.6 is 0 Å². The second kappa shape index (κ2) is 6.42. The Hall–Kier alpha value is -1.10. The van der Waals surface area contributed by atoms with Gasteiger partial charge < -0.3 is 19.5 Å². The van der Waals surface area contributed by atoms with Gasteiger partial charge in [0.15, 0.2) is 0 Å². The number of carbonyl (C=O) groups is 2. The molecule has 0 aliphatic heterocycles. The lowest BCUT2D eigenvalue weighted by atomic mass is 10.4. The first-order valence-electron chi connectivity index (χ1n) is 3.85. The fourth-order valence-corrected chi connectivity index (χ4v) is 0.431. The molecule has 0 spiro atoms. The van der Waals surface area contributed by atoms with Gasteiger partial charge in [-0.05, 0) is 6.92 Å². The van der Waals surface area contributed by atoms with Crippen LogP contribution in [0.5, 0.6) is 0 Å². The summed E-state index contributed by atoms with van der Waals surface area (Å²) in [7, 11) is 5.93. The molecule has 0 heterocycles. The summed E-state index contributed by atoms with van der Waals surface area (Å²) in [6.45, 7) is 1.66. The molecule has 0 bridgehead atoms. The van der Waals surface area contributed by atoms with Crippen molar-refractivity contribution in [3.8, 4) is 0 Å². The highest BCUT2D eigenvalue weighted by molar-refractivity contribution is 5.66. The minimum atomic E-state index is -1.08. The molecule has 0 aromatic rings. The molecule has 0 atom stereocenters. The lowest BCUT2D eigenvalue weighted by Gasteiger charge is -2.22. The van der Waals surface area contributed by atoms with E-state index < -0.39 is 11.9 Å². The zero-order valence-electron chi connectivity index (χ0n) is 8.53. The van der Waals surface area contributed by atoms with Gasteiger partial charge in [-0.2, -0.15) is 0 Å². The van der Waals surface area contributed by atoms with Gasteiger partial charge in [0.2, 0.25) is 0 Å². The topological polar surface area (TPSA) is 77.4 Å². The third kappa shape index (κ3) is 36.0. The lowest BCUT2D eigenvalue weighted by Crippen LogP contribution is -2.36. The van der Waals surface area contributed by atoms with E-state index >= 15 is 0 Å². The highest BCUT2D eigenvalue weighted by Gasteiger charge is 2.08. The fraction of sp³-hybridized carbons (Fsp3) is 0.750. The Balaban J connectivity index is 0. The third-order valence-electron chi connectivity index (χ3n) is 0.996. The summed E-state index contributed by atoms with van der Waals surface area (Å²) in [5, 5.41) is 17.2. The SMILES string of the molecule is CC(=O)[O-].C[N+](C)(C)CCC(=O)O. The largest absolute Gasteiger partial charge is 0.550 e. The fourth-order valence-electron chi connectivity index (χ4n) is 0.431. The Kier molecular flexibility index (Phi) is 7.12. The molecule has 0 fully saturated rings. The Labute approximate surface area is 78.2 Å². The van der Waals surface area contributed by atoms with Crippen molar-refractivity contribution in [1.29, 1.82) is 0 Å². The van der Waals surface area contributed by atoms with Gasteiger partial charge in [0.1, 0.15) is 0 Å². The molecule has 0 saturated carbocycles. The van der Waals surface area contributed by atoms with Gasteiger partial charge in [0.25, 0.3) is 0 Å². The van der Waals surface area contributed by atoms with Crippen molar-refractivity contribution in [2.45, 2.75) is 13.3 Å². The summed E-state index contributed by atoms with van der Waals surface area (Å²) in [5.41, 5.74) is 0. The second-order valence-electron chi connectivity index (χ2n) is 3.65. The Morgan fingerprint density at radius 3 is 1.69 bits per heavy atom. The van der Waals surface area contributed by atoms with Crippen molar-refractivity contribution in [3.63, 3.8) is 0 Å². The summed E-state index contributed by atoms with van der Waals surface area (Å²) in [6, 6.07) is 0. The van der Waals surface area contributed by atoms with E-state index in [1.165, 1.54) is 0 Å². The summed E-state index contributed by atoms with van der Waals surface area (Å²) in [6.07, 6.45) is 0.253. The predicted molar refractivity (Wildman–Crippen MR) is 45.8 cm³/mol. The normalized spacial score (nSPS) is 9.85. The van der Waals surface area contributed by atoms with E-state index in [1.54, 1.807) is 0 Å². The molecule has 0 aliphatic carbocycles. The Morgan fingerprint density at radius 1 is 1.31 bits per heavy atom. The van der Waals surface area contributed by atoms with E-state index in [4.69, 9.17) is 15.0 Å². The molecule has 0 aromatic carbocycles. The van der Waals surface area contributed by atoms with Gasteiger partial charge in [0.05, 0.1) is 34.1 Å². The van der Waals surface area contributed by atoms with E-state index in [0.717, 1.165) is 6.92 Å². The smallest absolute Gasteiger partial charge is 0.309 e. The molecular formula is C8H17NO4. The number of carbonyl (C=O) groups excluding carboxylic acids is 1. The molecule has 13 heavy (non-hydrogen) atoms. The number of carboxylic acids is 2. The average molecular weight is 191 g/mol. The molecule has 5 heteroatoms. The minimum Gasteiger partial charge on any atom is -0.550 e. The van der Waals surface area contributed by atoms with Gasteiger partial charge in [-0.3, -0.25) is 4.79 Å². The zero-order valence-corrected chi connectivity index (χ0v) is 8.53. The van der Waals surface area contributed by atoms with Crippen LogP contribution in [-0.2, 0) is 9.59 Å². The van der Waals surface area contributed by atoms with E-state index in [1.807, 2.05) is 21.1 Å². The third-order valence-corrected chi connectivity index (χ3v) is 0.996. The van der Waals surface area contributed by atoms with Crippen LogP contribution < -0.4 is 5.11 Å². The molecule has 0 rings (SSSR count). The number of rotatable bonds is 3. The van der Waals surface area contributed by atoms with Crippen LogP contribution in [0.15, 0.2) is 0 Å². The van der Waals surface area contributed by atoms with Gasteiger partial charge >= 0.3 is 5.97 Å². The Morgan fingerprint density at radius 2 is 1.62 bits per heavy atom. The summed E-state index contributed by atoms with van der Waals surface area (Å²) in [5.74, 6) is -1.80. The van der Waals surface area contributed by atoms with Crippen molar-refractivity contribution in [3.05, 3.63) is 0 Å². The summed E-state index contributed by atoms with van der Waals surface area (Å²) < 4.78 is 0.715. The number of hydrogen-bond acceptors (Lipinski definition) is 3. The quantitative estimate of drug-likeness (QED) is 0.576. The van der Waals surface area contributed by atoms with E-state index in [2.05, 4.69) is 0 Å². The van der Waals surface area contributed by atoms with Crippen molar-refractivity contribution in [2.75, 3.05) is 27.7 Å². The van der Waals surface area contributed by atoms with Crippen LogP contribution in [0.3, 0.4) is 0 Å². The predicted octanol–water partition coefficient (Wildman–Crippen LogP) is -1.08. The summed E-state index contributed by atoms with van der Waals surface area (Å²) >= 11 is 0. The van der Waals surface area contributed by atoms with Crippen molar-refractivity contribution in [1.82, 2.24) is 0 Å². The standard InChI is InChI=1S/C6H13NO2.C2H4O2/c1-7(2,3)5-4-6(8)9;1-2(3)4/h4-5H2,1-3H3;1H3,(H,3,4). The molecule has 0 aromatic heterocycles. The summed E-state index contributed by atoms with van der Waals surface area (Å²) in [4.78, 5) is 18.9. The lowest BCUT2D eigenvalue weighted by molar-refractivity contribution is -0.869. The number of aliphatic carboxylic acids is 2. The number of hydrogen-bond donors (Lipinski definition) is 1. The van der Waals surface area contributed by atoms with Gasteiger partial charge in [-0.25, -0.2) is 0 Å². The molecule has 0 amide bonds. The first kappa shape index (κ1) is 14.4.